The summed E-state index contributed by atoms with van der Waals surface area (Å²) < 4.78 is 26.4. The summed E-state index contributed by atoms with van der Waals surface area (Å²) in [5.74, 6) is 0.0421. The first-order valence-corrected chi connectivity index (χ1v) is 15.2. The molecule has 1 atom stereocenters. The number of anilines is 2. The molecule has 1 aromatic carbocycles. The quantitative estimate of drug-likeness (QED) is 0.595. The number of hydrogen-bond donors (Lipinski definition) is 2. The molecule has 2 heterocycles. The number of hydrogen-bond acceptors (Lipinski definition) is 5. The van der Waals surface area contributed by atoms with Crippen LogP contribution in [0.15, 0.2) is 36.4 Å². The Balaban J connectivity index is 1.33. The minimum Gasteiger partial charge on any atom is -0.387 e. The van der Waals surface area contributed by atoms with E-state index < -0.39 is 16.1 Å². The third-order valence-electron chi connectivity index (χ3n) is 9.23. The Labute approximate surface area is 213 Å². The molecule has 3 aliphatic carbocycles. The van der Waals surface area contributed by atoms with Crippen LogP contribution in [0.1, 0.15) is 92.1 Å². The Morgan fingerprint density at radius 3 is 2.44 bits per heavy atom. The maximum Gasteiger partial charge on any atom is 0.276 e. The summed E-state index contributed by atoms with van der Waals surface area (Å²) in [6, 6.07) is 10.9. The number of pyridine rings is 1. The summed E-state index contributed by atoms with van der Waals surface area (Å²) in [4.78, 5) is 20.3. The molecule has 6 rings (SSSR count). The van der Waals surface area contributed by atoms with E-state index in [2.05, 4.69) is 9.71 Å². The summed E-state index contributed by atoms with van der Waals surface area (Å²) in [7, 11) is -3.40. The van der Waals surface area contributed by atoms with E-state index >= 15 is 0 Å². The molecule has 2 aromatic rings. The van der Waals surface area contributed by atoms with Gasteiger partial charge >= 0.3 is 0 Å². The van der Waals surface area contributed by atoms with Crippen molar-refractivity contribution in [2.75, 3.05) is 22.4 Å². The Hall–Kier alpha value is -2.45. The van der Waals surface area contributed by atoms with Gasteiger partial charge in [-0.05, 0) is 98.6 Å². The van der Waals surface area contributed by atoms with E-state index in [1.165, 1.54) is 12.8 Å². The number of rotatable bonds is 5. The van der Waals surface area contributed by atoms with E-state index in [4.69, 9.17) is 0 Å². The van der Waals surface area contributed by atoms with Crippen molar-refractivity contribution in [3.63, 3.8) is 0 Å². The first-order chi connectivity index (χ1) is 17.2. The molecule has 0 radical (unpaired) electrons. The number of nitrogens with one attached hydrogen (secondary N) is 1. The monoisotopic (exact) mass is 509 g/mol. The van der Waals surface area contributed by atoms with E-state index in [-0.39, 0.29) is 17.2 Å². The van der Waals surface area contributed by atoms with E-state index in [0.29, 0.717) is 29.0 Å². The SMILES string of the molecule is CS(=O)(=O)Nc1ccc2c(c1)C1(CCC3(CC3)CC1)CN2C(=O)c1cccc(C(O)C2CCCC2)n1. The summed E-state index contributed by atoms with van der Waals surface area (Å²) >= 11 is 0. The molecule has 2 N–H and O–H groups in total. The molecular formula is C28H35N3O4S. The molecule has 36 heavy (non-hydrogen) atoms. The number of benzene rings is 1. The highest BCUT2D eigenvalue weighted by atomic mass is 32.2. The van der Waals surface area contributed by atoms with Gasteiger partial charge in [-0.25, -0.2) is 13.4 Å². The first-order valence-electron chi connectivity index (χ1n) is 13.3. The lowest BCUT2D eigenvalue weighted by atomic mass is 9.66. The van der Waals surface area contributed by atoms with E-state index in [0.717, 1.165) is 68.9 Å². The van der Waals surface area contributed by atoms with Crippen LogP contribution >= 0.6 is 0 Å². The molecule has 3 saturated carbocycles. The summed E-state index contributed by atoms with van der Waals surface area (Å²) in [6.45, 7) is 0.580. The van der Waals surface area contributed by atoms with Crippen molar-refractivity contribution in [1.29, 1.82) is 0 Å². The second-order valence-electron chi connectivity index (χ2n) is 11.7. The topological polar surface area (TPSA) is 99.6 Å². The fraction of sp³-hybridized carbons (Fsp3) is 0.571. The van der Waals surface area contributed by atoms with Gasteiger partial charge in [0.25, 0.3) is 5.91 Å². The third kappa shape index (κ3) is 4.32. The highest BCUT2D eigenvalue weighted by Crippen LogP contribution is 2.62. The van der Waals surface area contributed by atoms with Gasteiger partial charge in [-0.3, -0.25) is 9.52 Å². The molecule has 8 heteroatoms. The van der Waals surface area contributed by atoms with Gasteiger partial charge in [0.2, 0.25) is 10.0 Å². The number of carbonyl (C=O) groups is 1. The van der Waals surface area contributed by atoms with Crippen molar-refractivity contribution in [2.24, 2.45) is 11.3 Å². The molecule has 1 aromatic heterocycles. The number of carbonyl (C=O) groups excluding carboxylic acids is 1. The van der Waals surface area contributed by atoms with Gasteiger partial charge < -0.3 is 10.0 Å². The lowest BCUT2D eigenvalue weighted by Gasteiger charge is -2.38. The molecule has 1 amide bonds. The normalized spacial score (nSPS) is 23.1. The summed E-state index contributed by atoms with van der Waals surface area (Å²) in [5, 5.41) is 10.9. The van der Waals surface area contributed by atoms with Crippen molar-refractivity contribution in [1.82, 2.24) is 4.98 Å². The fourth-order valence-electron chi connectivity index (χ4n) is 6.88. The molecule has 0 saturated heterocycles. The van der Waals surface area contributed by atoms with Crippen LogP contribution < -0.4 is 9.62 Å². The van der Waals surface area contributed by atoms with Crippen LogP contribution in [-0.4, -0.2) is 37.2 Å². The maximum absolute atomic E-state index is 13.9. The standard InChI is InChI=1S/C28H35N3O4S/c1-36(34,35)30-20-9-10-24-21(17-20)28(15-13-27(11-12-27)14-16-28)18-31(24)26(33)23-8-4-7-22(29-23)25(32)19-5-2-3-6-19/h4,7-10,17,19,25,30,32H,2-3,5-6,11-16,18H2,1H3. The zero-order valence-electron chi connectivity index (χ0n) is 20.9. The summed E-state index contributed by atoms with van der Waals surface area (Å²) in [5.41, 5.74) is 3.68. The number of aliphatic hydroxyl groups is 1. The smallest absolute Gasteiger partial charge is 0.276 e. The molecule has 4 aliphatic rings. The van der Waals surface area contributed by atoms with Crippen LogP contribution in [0.5, 0.6) is 0 Å². The van der Waals surface area contributed by atoms with Gasteiger partial charge in [-0.2, -0.15) is 0 Å². The molecule has 1 unspecified atom stereocenters. The molecule has 192 valence electrons. The second-order valence-corrected chi connectivity index (χ2v) is 13.5. The molecule has 3 fully saturated rings. The van der Waals surface area contributed by atoms with E-state index in [9.17, 15) is 18.3 Å². The summed E-state index contributed by atoms with van der Waals surface area (Å²) in [6.07, 6.45) is 11.7. The van der Waals surface area contributed by atoms with Gasteiger partial charge in [0.05, 0.1) is 18.1 Å². The Morgan fingerprint density at radius 2 is 1.78 bits per heavy atom. The number of aromatic nitrogens is 1. The van der Waals surface area contributed by atoms with E-state index in [1.807, 2.05) is 29.2 Å². The van der Waals surface area contributed by atoms with Crippen molar-refractivity contribution < 1.29 is 18.3 Å². The molecule has 0 bridgehead atoms. The molecule has 7 nitrogen and oxygen atoms in total. The fourth-order valence-corrected chi connectivity index (χ4v) is 7.43. The van der Waals surface area contributed by atoms with Gasteiger partial charge in [-0.1, -0.05) is 18.9 Å². The Kier molecular flexibility index (Phi) is 5.68. The van der Waals surface area contributed by atoms with Gasteiger partial charge in [0.15, 0.2) is 0 Å². The first kappa shape index (κ1) is 23.9. The van der Waals surface area contributed by atoms with Gasteiger partial charge in [-0.15, -0.1) is 0 Å². The molecular weight excluding hydrogens is 474 g/mol. The van der Waals surface area contributed by atoms with Crippen LogP contribution in [0.2, 0.25) is 0 Å². The predicted molar refractivity (Wildman–Crippen MR) is 140 cm³/mol. The van der Waals surface area contributed by atoms with Crippen molar-refractivity contribution in [2.45, 2.75) is 75.7 Å². The van der Waals surface area contributed by atoms with E-state index in [1.54, 1.807) is 12.1 Å². The number of fused-ring (bicyclic) bond motifs is 2. The highest BCUT2D eigenvalue weighted by Gasteiger charge is 2.53. The largest absolute Gasteiger partial charge is 0.387 e. The van der Waals surface area contributed by atoms with Gasteiger partial charge in [0, 0.05) is 23.3 Å². The lowest BCUT2D eigenvalue weighted by molar-refractivity contribution is 0.0966. The van der Waals surface area contributed by atoms with Crippen LogP contribution in [-0.2, 0) is 15.4 Å². The molecule has 1 aliphatic heterocycles. The zero-order valence-corrected chi connectivity index (χ0v) is 21.7. The van der Waals surface area contributed by atoms with Crippen LogP contribution in [0.3, 0.4) is 0 Å². The lowest BCUT2D eigenvalue weighted by Crippen LogP contribution is -2.40. The Morgan fingerprint density at radius 1 is 1.08 bits per heavy atom. The average Bonchev–Trinajstić information content (AvgIpc) is 3.27. The zero-order chi connectivity index (χ0) is 25.1. The number of sulfonamides is 1. The van der Waals surface area contributed by atoms with Gasteiger partial charge in [0.1, 0.15) is 5.69 Å². The van der Waals surface area contributed by atoms with Crippen LogP contribution in [0.4, 0.5) is 11.4 Å². The maximum atomic E-state index is 13.9. The molecule has 2 spiro atoms. The third-order valence-corrected chi connectivity index (χ3v) is 9.84. The second kappa shape index (κ2) is 8.55. The van der Waals surface area contributed by atoms with Crippen molar-refractivity contribution in [3.8, 4) is 0 Å². The predicted octanol–water partition coefficient (Wildman–Crippen LogP) is 4.93. The minimum atomic E-state index is -3.40. The average molecular weight is 510 g/mol. The van der Waals surface area contributed by atoms with Crippen molar-refractivity contribution in [3.05, 3.63) is 53.3 Å². The number of nitrogens with zero attached hydrogens (tertiary/aromatic N) is 2. The van der Waals surface area contributed by atoms with Crippen LogP contribution in [0.25, 0.3) is 0 Å². The van der Waals surface area contributed by atoms with Crippen LogP contribution in [0, 0.1) is 11.3 Å². The van der Waals surface area contributed by atoms with Crippen molar-refractivity contribution >= 4 is 27.3 Å². The minimum absolute atomic E-state index is 0.163. The number of amides is 1. The highest BCUT2D eigenvalue weighted by molar-refractivity contribution is 7.92. The number of aliphatic hydroxyl groups excluding tert-OH is 1. The Bertz CT molecular complexity index is 1290.